The number of hydrogen-bond acceptors (Lipinski definition) is 3. The third-order valence-corrected chi connectivity index (χ3v) is 11.2. The average Bonchev–Trinajstić information content (AvgIpc) is 3.69. The zero-order valence-corrected chi connectivity index (χ0v) is 26.3. The molecule has 3 heteroatoms. The highest BCUT2D eigenvalue weighted by Gasteiger charge is 2.17. The Hall–Kier alpha value is -5.53. The molecule has 7 aromatic carbocycles. The standard InChI is InChI=1S/C43H25NS2/c44-26-30-11-8-14-34(27-9-2-1-3-10-27)43(30)33-22-31(28-17-19-37-35-12-4-6-15-39(35)45-41(37)24-28)21-32(23-33)29-18-20-38-36-13-5-7-16-40(36)46-42(38)25-29/h1-25H. The summed E-state index contributed by atoms with van der Waals surface area (Å²) in [6, 6.07) is 56.7. The maximum atomic E-state index is 10.4. The summed E-state index contributed by atoms with van der Waals surface area (Å²) in [6.07, 6.45) is 0. The number of thiophene rings is 2. The first kappa shape index (κ1) is 26.8. The van der Waals surface area contributed by atoms with E-state index in [1.165, 1.54) is 51.5 Å². The zero-order chi connectivity index (χ0) is 30.6. The highest BCUT2D eigenvalue weighted by Crippen LogP contribution is 2.43. The Balaban J connectivity index is 1.30. The second-order valence-corrected chi connectivity index (χ2v) is 13.8. The minimum atomic E-state index is 0.671. The van der Waals surface area contributed by atoms with Gasteiger partial charge in [-0.15, -0.1) is 22.7 Å². The van der Waals surface area contributed by atoms with Gasteiger partial charge in [-0.25, -0.2) is 0 Å². The van der Waals surface area contributed by atoms with Crippen LogP contribution in [0.15, 0.2) is 152 Å². The lowest BCUT2D eigenvalue weighted by molar-refractivity contribution is 1.47. The molecule has 0 saturated heterocycles. The molecule has 0 aliphatic carbocycles. The fourth-order valence-electron chi connectivity index (χ4n) is 6.73. The number of rotatable bonds is 4. The molecule has 9 rings (SSSR count). The van der Waals surface area contributed by atoms with E-state index in [4.69, 9.17) is 0 Å². The lowest BCUT2D eigenvalue weighted by Crippen LogP contribution is -1.92. The molecule has 46 heavy (non-hydrogen) atoms. The van der Waals surface area contributed by atoms with Crippen LogP contribution >= 0.6 is 22.7 Å². The third kappa shape index (κ3) is 4.43. The van der Waals surface area contributed by atoms with E-state index >= 15 is 0 Å². The molecular weight excluding hydrogens is 595 g/mol. The SMILES string of the molecule is N#Cc1cccc(-c2ccccc2)c1-c1cc(-c2ccc3c(c2)sc2ccccc23)cc(-c2ccc3c(c2)sc2ccccc23)c1. The van der Waals surface area contributed by atoms with Gasteiger partial charge in [0.1, 0.15) is 0 Å². The lowest BCUT2D eigenvalue weighted by atomic mass is 9.87. The summed E-state index contributed by atoms with van der Waals surface area (Å²) in [5.74, 6) is 0. The van der Waals surface area contributed by atoms with Gasteiger partial charge in [-0.2, -0.15) is 5.26 Å². The predicted molar refractivity (Wildman–Crippen MR) is 199 cm³/mol. The molecule has 0 aliphatic heterocycles. The molecule has 0 aliphatic rings. The smallest absolute Gasteiger partial charge is 0.0998 e. The van der Waals surface area contributed by atoms with Gasteiger partial charge < -0.3 is 0 Å². The van der Waals surface area contributed by atoms with E-state index in [-0.39, 0.29) is 0 Å². The molecule has 0 amide bonds. The summed E-state index contributed by atoms with van der Waals surface area (Å²) >= 11 is 3.68. The van der Waals surface area contributed by atoms with Crippen LogP contribution in [0.5, 0.6) is 0 Å². The zero-order valence-electron chi connectivity index (χ0n) is 24.7. The van der Waals surface area contributed by atoms with Gasteiger partial charge in [0.25, 0.3) is 0 Å². The number of nitriles is 1. The second-order valence-electron chi connectivity index (χ2n) is 11.6. The van der Waals surface area contributed by atoms with Crippen molar-refractivity contribution in [3.05, 3.63) is 157 Å². The fourth-order valence-corrected chi connectivity index (χ4v) is 9.02. The molecule has 2 heterocycles. The van der Waals surface area contributed by atoms with Crippen LogP contribution in [0.4, 0.5) is 0 Å². The first-order valence-corrected chi connectivity index (χ1v) is 16.9. The molecular formula is C43H25NS2. The predicted octanol–water partition coefficient (Wildman–Crippen LogP) is 13.0. The van der Waals surface area contributed by atoms with Crippen molar-refractivity contribution < 1.29 is 0 Å². The fraction of sp³-hybridized carbons (Fsp3) is 0. The van der Waals surface area contributed by atoms with Crippen molar-refractivity contribution in [2.45, 2.75) is 0 Å². The highest BCUT2D eigenvalue weighted by atomic mass is 32.1. The van der Waals surface area contributed by atoms with Gasteiger partial charge in [0, 0.05) is 45.9 Å². The molecule has 0 N–H and O–H groups in total. The quantitative estimate of drug-likeness (QED) is 0.192. The van der Waals surface area contributed by atoms with Crippen molar-refractivity contribution in [2.24, 2.45) is 0 Å². The van der Waals surface area contributed by atoms with Crippen molar-refractivity contribution in [2.75, 3.05) is 0 Å². The summed E-state index contributed by atoms with van der Waals surface area (Å²) < 4.78 is 5.16. The van der Waals surface area contributed by atoms with E-state index in [2.05, 4.69) is 140 Å². The normalized spacial score (nSPS) is 11.5. The topological polar surface area (TPSA) is 23.8 Å². The van der Waals surface area contributed by atoms with E-state index in [0.29, 0.717) is 5.56 Å². The van der Waals surface area contributed by atoms with Gasteiger partial charge in [0.15, 0.2) is 0 Å². The van der Waals surface area contributed by atoms with Crippen molar-refractivity contribution in [3.63, 3.8) is 0 Å². The van der Waals surface area contributed by atoms with Crippen molar-refractivity contribution >= 4 is 63.0 Å². The molecule has 0 bridgehead atoms. The molecule has 9 aromatic rings. The Bertz CT molecular complexity index is 2520. The summed E-state index contributed by atoms with van der Waals surface area (Å²) in [4.78, 5) is 0. The van der Waals surface area contributed by atoms with E-state index in [0.717, 1.165) is 33.4 Å². The van der Waals surface area contributed by atoms with E-state index in [1.807, 2.05) is 40.9 Å². The molecule has 0 spiro atoms. The molecule has 0 unspecified atom stereocenters. The lowest BCUT2D eigenvalue weighted by Gasteiger charge is -2.16. The van der Waals surface area contributed by atoms with Crippen LogP contribution in [0.3, 0.4) is 0 Å². The van der Waals surface area contributed by atoms with Crippen molar-refractivity contribution in [1.29, 1.82) is 5.26 Å². The molecule has 1 nitrogen and oxygen atoms in total. The Kier molecular flexibility index (Phi) is 6.31. The van der Waals surface area contributed by atoms with Crippen LogP contribution in [-0.4, -0.2) is 0 Å². The van der Waals surface area contributed by atoms with E-state index < -0.39 is 0 Å². The number of hydrogen-bond donors (Lipinski definition) is 0. The van der Waals surface area contributed by atoms with Crippen molar-refractivity contribution in [1.82, 2.24) is 0 Å². The number of nitrogens with zero attached hydrogens (tertiary/aromatic N) is 1. The Morgan fingerprint density at radius 1 is 0.370 bits per heavy atom. The Morgan fingerprint density at radius 2 is 0.891 bits per heavy atom. The number of benzene rings is 7. The van der Waals surface area contributed by atoms with Gasteiger partial charge in [-0.3, -0.25) is 0 Å². The first-order chi connectivity index (χ1) is 22.7. The Labute approximate surface area is 274 Å². The molecule has 0 atom stereocenters. The first-order valence-electron chi connectivity index (χ1n) is 15.3. The summed E-state index contributed by atoms with van der Waals surface area (Å²) in [6.45, 7) is 0. The summed E-state index contributed by atoms with van der Waals surface area (Å²) in [5, 5.41) is 15.5. The summed E-state index contributed by atoms with van der Waals surface area (Å²) in [7, 11) is 0. The van der Waals surface area contributed by atoms with Crippen molar-refractivity contribution in [3.8, 4) is 50.6 Å². The van der Waals surface area contributed by atoms with Gasteiger partial charge in [-0.1, -0.05) is 103 Å². The van der Waals surface area contributed by atoms with Gasteiger partial charge >= 0.3 is 0 Å². The van der Waals surface area contributed by atoms with Crippen LogP contribution in [0.1, 0.15) is 5.56 Å². The van der Waals surface area contributed by atoms with Gasteiger partial charge in [0.05, 0.1) is 11.6 Å². The maximum Gasteiger partial charge on any atom is 0.0998 e. The largest absolute Gasteiger partial charge is 0.192 e. The van der Waals surface area contributed by atoms with Crippen LogP contribution in [0.2, 0.25) is 0 Å². The molecule has 0 radical (unpaired) electrons. The van der Waals surface area contributed by atoms with Gasteiger partial charge in [-0.05, 0) is 87.5 Å². The molecule has 214 valence electrons. The molecule has 2 aromatic heterocycles. The molecule has 0 saturated carbocycles. The maximum absolute atomic E-state index is 10.4. The molecule has 0 fully saturated rings. The highest BCUT2D eigenvalue weighted by molar-refractivity contribution is 7.26. The summed E-state index contributed by atoms with van der Waals surface area (Å²) in [5.41, 5.74) is 9.43. The van der Waals surface area contributed by atoms with E-state index in [1.54, 1.807) is 0 Å². The average molecular weight is 620 g/mol. The number of fused-ring (bicyclic) bond motifs is 6. The van der Waals surface area contributed by atoms with E-state index in [9.17, 15) is 5.26 Å². The van der Waals surface area contributed by atoms with Crippen LogP contribution in [0, 0.1) is 11.3 Å². The van der Waals surface area contributed by atoms with Gasteiger partial charge in [0.2, 0.25) is 0 Å². The minimum absolute atomic E-state index is 0.671. The minimum Gasteiger partial charge on any atom is -0.192 e. The Morgan fingerprint density at radius 3 is 1.48 bits per heavy atom. The second kappa shape index (κ2) is 10.8. The van der Waals surface area contributed by atoms with Crippen LogP contribution < -0.4 is 0 Å². The van der Waals surface area contributed by atoms with Crippen LogP contribution in [-0.2, 0) is 0 Å². The third-order valence-electron chi connectivity index (χ3n) is 8.92. The van der Waals surface area contributed by atoms with Crippen LogP contribution in [0.25, 0.3) is 84.9 Å². The monoisotopic (exact) mass is 619 g/mol.